The topological polar surface area (TPSA) is 61.9 Å². The molecule has 6 nitrogen and oxygen atoms in total. The molecular weight excluding hydrogens is 320 g/mol. The SMILES string of the molecule is CCOC(=O)N1CCN([C@H](C)C(=O)Nc2c(F)cccc2F)CC1. The van der Waals surface area contributed by atoms with E-state index in [-0.39, 0.29) is 6.09 Å². The number of para-hydroxylation sites is 1. The quantitative estimate of drug-likeness (QED) is 0.911. The molecule has 1 fully saturated rings. The number of ether oxygens (including phenoxy) is 1. The maximum absolute atomic E-state index is 13.6. The summed E-state index contributed by atoms with van der Waals surface area (Å²) in [6.45, 7) is 5.54. The Bertz CT molecular complexity index is 584. The van der Waals surface area contributed by atoms with Crippen LogP contribution in [0.15, 0.2) is 18.2 Å². The number of carbonyl (C=O) groups is 2. The van der Waals surface area contributed by atoms with Crippen LogP contribution in [0.1, 0.15) is 13.8 Å². The van der Waals surface area contributed by atoms with E-state index in [9.17, 15) is 18.4 Å². The fourth-order valence-corrected chi connectivity index (χ4v) is 2.52. The maximum atomic E-state index is 13.6. The monoisotopic (exact) mass is 341 g/mol. The summed E-state index contributed by atoms with van der Waals surface area (Å²) in [6.07, 6.45) is -0.373. The lowest BCUT2D eigenvalue weighted by Crippen LogP contribution is -2.54. The number of hydrogen-bond donors (Lipinski definition) is 1. The summed E-state index contributed by atoms with van der Waals surface area (Å²) in [7, 11) is 0. The van der Waals surface area contributed by atoms with Crippen molar-refractivity contribution in [1.82, 2.24) is 9.80 Å². The molecule has 0 unspecified atom stereocenters. The number of halogens is 2. The molecule has 0 aliphatic carbocycles. The van der Waals surface area contributed by atoms with Crippen molar-refractivity contribution in [2.24, 2.45) is 0 Å². The van der Waals surface area contributed by atoms with Gasteiger partial charge in [-0.3, -0.25) is 9.69 Å². The summed E-state index contributed by atoms with van der Waals surface area (Å²) in [5.74, 6) is -2.13. The van der Waals surface area contributed by atoms with Crippen molar-refractivity contribution in [1.29, 1.82) is 0 Å². The highest BCUT2D eigenvalue weighted by atomic mass is 19.1. The van der Waals surface area contributed by atoms with Crippen LogP contribution >= 0.6 is 0 Å². The van der Waals surface area contributed by atoms with Crippen molar-refractivity contribution < 1.29 is 23.1 Å². The molecule has 24 heavy (non-hydrogen) atoms. The maximum Gasteiger partial charge on any atom is 0.409 e. The second kappa shape index (κ2) is 8.05. The Morgan fingerprint density at radius 2 is 1.79 bits per heavy atom. The molecule has 0 radical (unpaired) electrons. The molecule has 1 aromatic carbocycles. The molecular formula is C16H21F2N3O3. The van der Waals surface area contributed by atoms with E-state index in [4.69, 9.17) is 4.74 Å². The third-order valence-corrected chi connectivity index (χ3v) is 3.98. The highest BCUT2D eigenvalue weighted by molar-refractivity contribution is 5.94. The molecule has 1 saturated heterocycles. The van der Waals surface area contributed by atoms with Gasteiger partial charge in [-0.2, -0.15) is 0 Å². The largest absolute Gasteiger partial charge is 0.450 e. The molecule has 8 heteroatoms. The van der Waals surface area contributed by atoms with Crippen LogP contribution in [0.2, 0.25) is 0 Å². The molecule has 1 aliphatic rings. The standard InChI is InChI=1S/C16H21F2N3O3/c1-3-24-16(23)21-9-7-20(8-10-21)11(2)15(22)19-14-12(17)5-4-6-13(14)18/h4-6,11H,3,7-10H2,1-2H3,(H,19,22)/t11-/m1/s1. The number of piperazine rings is 1. The van der Waals surface area contributed by atoms with Gasteiger partial charge in [0.2, 0.25) is 5.91 Å². The van der Waals surface area contributed by atoms with Crippen molar-refractivity contribution in [3.8, 4) is 0 Å². The van der Waals surface area contributed by atoms with Crippen LogP contribution in [-0.2, 0) is 9.53 Å². The summed E-state index contributed by atoms with van der Waals surface area (Å²) in [6, 6.07) is 2.83. The van der Waals surface area contributed by atoms with E-state index in [0.717, 1.165) is 12.1 Å². The predicted octanol–water partition coefficient (Wildman–Crippen LogP) is 2.07. The molecule has 132 valence electrons. The van der Waals surface area contributed by atoms with Crippen LogP contribution in [-0.4, -0.2) is 60.6 Å². The lowest BCUT2D eigenvalue weighted by molar-refractivity contribution is -0.121. The van der Waals surface area contributed by atoms with Gasteiger partial charge in [0, 0.05) is 26.2 Å². The highest BCUT2D eigenvalue weighted by Crippen LogP contribution is 2.19. The summed E-state index contributed by atoms with van der Waals surface area (Å²) in [5, 5.41) is 2.29. The fourth-order valence-electron chi connectivity index (χ4n) is 2.52. The van der Waals surface area contributed by atoms with Gasteiger partial charge in [-0.25, -0.2) is 13.6 Å². The van der Waals surface area contributed by atoms with Gasteiger partial charge >= 0.3 is 6.09 Å². The lowest BCUT2D eigenvalue weighted by Gasteiger charge is -2.36. The molecule has 2 rings (SSSR count). The van der Waals surface area contributed by atoms with Crippen LogP contribution in [0.25, 0.3) is 0 Å². The molecule has 0 bridgehead atoms. The summed E-state index contributed by atoms with van der Waals surface area (Å²) < 4.78 is 32.1. The summed E-state index contributed by atoms with van der Waals surface area (Å²) >= 11 is 0. The number of rotatable bonds is 4. The Kier molecular flexibility index (Phi) is 6.08. The van der Waals surface area contributed by atoms with Crippen molar-refractivity contribution in [2.75, 3.05) is 38.1 Å². The Labute approximate surface area is 139 Å². The third-order valence-electron chi connectivity index (χ3n) is 3.98. The molecule has 1 atom stereocenters. The van der Waals surface area contributed by atoms with E-state index < -0.39 is 29.3 Å². The number of amides is 2. The number of anilines is 1. The molecule has 1 heterocycles. The summed E-state index contributed by atoms with van der Waals surface area (Å²) in [5.41, 5.74) is -0.445. The van der Waals surface area contributed by atoms with Gasteiger partial charge in [0.15, 0.2) is 0 Å². The van der Waals surface area contributed by atoms with E-state index in [1.807, 2.05) is 4.90 Å². The normalized spacial score (nSPS) is 16.6. The molecule has 0 spiro atoms. The molecule has 1 aliphatic heterocycles. The van der Waals surface area contributed by atoms with Crippen molar-refractivity contribution >= 4 is 17.7 Å². The zero-order valence-electron chi connectivity index (χ0n) is 13.7. The molecule has 0 aromatic heterocycles. The first-order valence-corrected chi connectivity index (χ1v) is 7.84. The number of nitrogens with zero attached hydrogens (tertiary/aromatic N) is 2. The van der Waals surface area contributed by atoms with E-state index in [1.165, 1.54) is 6.07 Å². The van der Waals surface area contributed by atoms with Crippen molar-refractivity contribution in [3.63, 3.8) is 0 Å². The molecule has 0 saturated carbocycles. The number of hydrogen-bond acceptors (Lipinski definition) is 4. The first kappa shape index (κ1) is 18.1. The smallest absolute Gasteiger partial charge is 0.409 e. The zero-order chi connectivity index (χ0) is 17.7. The minimum absolute atomic E-state index is 0.312. The Balaban J connectivity index is 1.92. The summed E-state index contributed by atoms with van der Waals surface area (Å²) in [4.78, 5) is 27.3. The van der Waals surface area contributed by atoms with Gasteiger partial charge in [-0.05, 0) is 26.0 Å². The minimum Gasteiger partial charge on any atom is -0.450 e. The van der Waals surface area contributed by atoms with Crippen molar-refractivity contribution in [3.05, 3.63) is 29.8 Å². The van der Waals surface area contributed by atoms with Crippen molar-refractivity contribution in [2.45, 2.75) is 19.9 Å². The van der Waals surface area contributed by atoms with E-state index in [0.29, 0.717) is 32.8 Å². The first-order valence-electron chi connectivity index (χ1n) is 7.84. The van der Waals surface area contributed by atoms with Gasteiger partial charge in [0.1, 0.15) is 17.3 Å². The first-order chi connectivity index (χ1) is 11.4. The van der Waals surface area contributed by atoms with Crippen LogP contribution in [0, 0.1) is 11.6 Å². The number of nitrogens with one attached hydrogen (secondary N) is 1. The molecule has 1 aromatic rings. The van der Waals surface area contributed by atoms with Crippen LogP contribution in [0.5, 0.6) is 0 Å². The zero-order valence-corrected chi connectivity index (χ0v) is 13.7. The Morgan fingerprint density at radius 1 is 1.21 bits per heavy atom. The number of carbonyl (C=O) groups excluding carboxylic acids is 2. The Hall–Kier alpha value is -2.22. The van der Waals surface area contributed by atoms with Crippen LogP contribution in [0.3, 0.4) is 0 Å². The fraction of sp³-hybridized carbons (Fsp3) is 0.500. The predicted molar refractivity (Wildman–Crippen MR) is 84.6 cm³/mol. The van der Waals surface area contributed by atoms with E-state index >= 15 is 0 Å². The van der Waals surface area contributed by atoms with Gasteiger partial charge in [0.05, 0.1) is 12.6 Å². The third kappa shape index (κ3) is 4.19. The second-order valence-electron chi connectivity index (χ2n) is 5.48. The van der Waals surface area contributed by atoms with Gasteiger partial charge in [-0.15, -0.1) is 0 Å². The van der Waals surface area contributed by atoms with Gasteiger partial charge < -0.3 is 15.0 Å². The average molecular weight is 341 g/mol. The van der Waals surface area contributed by atoms with E-state index in [1.54, 1.807) is 18.7 Å². The number of benzene rings is 1. The van der Waals surface area contributed by atoms with Gasteiger partial charge in [0.25, 0.3) is 0 Å². The van der Waals surface area contributed by atoms with Crippen LogP contribution in [0.4, 0.5) is 19.3 Å². The highest BCUT2D eigenvalue weighted by Gasteiger charge is 2.28. The minimum atomic E-state index is -0.817. The second-order valence-corrected chi connectivity index (χ2v) is 5.48. The molecule has 2 amide bonds. The average Bonchev–Trinajstić information content (AvgIpc) is 2.58. The van der Waals surface area contributed by atoms with Crippen LogP contribution < -0.4 is 5.32 Å². The Morgan fingerprint density at radius 3 is 2.33 bits per heavy atom. The molecule has 1 N–H and O–H groups in total. The van der Waals surface area contributed by atoms with E-state index in [2.05, 4.69) is 5.32 Å². The lowest BCUT2D eigenvalue weighted by atomic mass is 10.2. The van der Waals surface area contributed by atoms with Gasteiger partial charge in [-0.1, -0.05) is 6.07 Å².